The lowest BCUT2D eigenvalue weighted by Crippen LogP contribution is -2.43. The Bertz CT molecular complexity index is 559. The van der Waals surface area contributed by atoms with Gasteiger partial charge in [0.1, 0.15) is 6.10 Å². The van der Waals surface area contributed by atoms with E-state index in [0.29, 0.717) is 6.10 Å². The first-order chi connectivity index (χ1) is 12.2. The minimum absolute atomic E-state index is 0.415. The SMILES string of the molecule is CC(C)CN1CCC(Oc2cc3c(s2)CN(N2CCCC2)CC3)CC1. The minimum atomic E-state index is 0.415. The molecule has 2 saturated heterocycles. The molecule has 1 aromatic heterocycles. The van der Waals surface area contributed by atoms with Crippen LogP contribution in [0, 0.1) is 5.92 Å². The highest BCUT2D eigenvalue weighted by Gasteiger charge is 2.27. The molecule has 25 heavy (non-hydrogen) atoms. The van der Waals surface area contributed by atoms with Crippen LogP contribution in [-0.4, -0.2) is 60.3 Å². The molecule has 3 aliphatic rings. The third kappa shape index (κ3) is 4.38. The Morgan fingerprint density at radius 2 is 1.84 bits per heavy atom. The topological polar surface area (TPSA) is 19.0 Å². The van der Waals surface area contributed by atoms with Crippen molar-refractivity contribution in [2.45, 2.75) is 58.6 Å². The van der Waals surface area contributed by atoms with Crippen molar-refractivity contribution < 1.29 is 4.74 Å². The van der Waals surface area contributed by atoms with E-state index >= 15 is 0 Å². The van der Waals surface area contributed by atoms with Gasteiger partial charge in [0.05, 0.1) is 0 Å². The van der Waals surface area contributed by atoms with Gasteiger partial charge in [-0.15, -0.1) is 11.3 Å². The van der Waals surface area contributed by atoms with Gasteiger partial charge in [0, 0.05) is 50.7 Å². The lowest BCUT2D eigenvalue weighted by molar-refractivity contribution is -0.0150. The van der Waals surface area contributed by atoms with E-state index in [-0.39, 0.29) is 0 Å². The highest BCUT2D eigenvalue weighted by Crippen LogP contribution is 2.35. The third-order valence-electron chi connectivity index (χ3n) is 5.76. The molecule has 2 fully saturated rings. The molecular weight excluding hydrogens is 330 g/mol. The Kier molecular flexibility index (Phi) is 5.65. The van der Waals surface area contributed by atoms with Crippen molar-refractivity contribution in [1.29, 1.82) is 0 Å². The lowest BCUT2D eigenvalue weighted by Gasteiger charge is -2.34. The molecule has 0 spiro atoms. The normalized spacial score (nSPS) is 24.1. The van der Waals surface area contributed by atoms with Gasteiger partial charge in [-0.3, -0.25) is 0 Å². The second-order valence-electron chi connectivity index (χ2n) is 8.32. The molecule has 0 radical (unpaired) electrons. The Morgan fingerprint density at radius 3 is 2.56 bits per heavy atom. The Balaban J connectivity index is 1.30. The summed E-state index contributed by atoms with van der Waals surface area (Å²) in [5, 5.41) is 6.30. The monoisotopic (exact) mass is 363 g/mol. The quantitative estimate of drug-likeness (QED) is 0.795. The van der Waals surface area contributed by atoms with Crippen molar-refractivity contribution in [3.05, 3.63) is 16.5 Å². The van der Waals surface area contributed by atoms with E-state index in [2.05, 4.69) is 34.8 Å². The van der Waals surface area contributed by atoms with Crippen LogP contribution in [0.4, 0.5) is 0 Å². The Labute approximate surface area is 156 Å². The molecule has 0 amide bonds. The molecule has 0 atom stereocenters. The van der Waals surface area contributed by atoms with Gasteiger partial charge in [-0.05, 0) is 49.7 Å². The first-order valence-corrected chi connectivity index (χ1v) is 11.0. The molecule has 0 bridgehead atoms. The van der Waals surface area contributed by atoms with Gasteiger partial charge in [-0.25, -0.2) is 10.0 Å². The third-order valence-corrected chi connectivity index (χ3v) is 6.82. The number of likely N-dealkylation sites (tertiary alicyclic amines) is 1. The highest BCUT2D eigenvalue weighted by molar-refractivity contribution is 7.14. The summed E-state index contributed by atoms with van der Waals surface area (Å²) >= 11 is 1.90. The van der Waals surface area contributed by atoms with Crippen molar-refractivity contribution in [2.24, 2.45) is 5.92 Å². The molecule has 3 aliphatic heterocycles. The maximum absolute atomic E-state index is 6.38. The van der Waals surface area contributed by atoms with Gasteiger partial charge in [-0.2, -0.15) is 0 Å². The van der Waals surface area contributed by atoms with Gasteiger partial charge in [0.15, 0.2) is 5.06 Å². The van der Waals surface area contributed by atoms with Gasteiger partial charge >= 0.3 is 0 Å². The van der Waals surface area contributed by atoms with E-state index in [4.69, 9.17) is 4.74 Å². The number of hydrazine groups is 1. The van der Waals surface area contributed by atoms with E-state index < -0.39 is 0 Å². The van der Waals surface area contributed by atoms with Crippen molar-refractivity contribution in [3.63, 3.8) is 0 Å². The first kappa shape index (κ1) is 17.8. The predicted octanol–water partition coefficient (Wildman–Crippen LogP) is 3.62. The van der Waals surface area contributed by atoms with Gasteiger partial charge in [0.25, 0.3) is 0 Å². The zero-order valence-electron chi connectivity index (χ0n) is 15.9. The maximum Gasteiger partial charge on any atom is 0.174 e. The zero-order chi connectivity index (χ0) is 17.2. The van der Waals surface area contributed by atoms with Crippen LogP contribution < -0.4 is 4.74 Å². The van der Waals surface area contributed by atoms with Crippen LogP contribution in [0.5, 0.6) is 5.06 Å². The average molecular weight is 364 g/mol. The average Bonchev–Trinajstić information content (AvgIpc) is 3.24. The largest absolute Gasteiger partial charge is 0.481 e. The smallest absolute Gasteiger partial charge is 0.174 e. The van der Waals surface area contributed by atoms with Gasteiger partial charge in [-0.1, -0.05) is 13.8 Å². The van der Waals surface area contributed by atoms with Crippen molar-refractivity contribution >= 4 is 11.3 Å². The molecule has 140 valence electrons. The summed E-state index contributed by atoms with van der Waals surface area (Å²) in [5.41, 5.74) is 1.53. The Morgan fingerprint density at radius 1 is 1.08 bits per heavy atom. The zero-order valence-corrected chi connectivity index (χ0v) is 16.7. The number of thiophene rings is 1. The fourth-order valence-corrected chi connectivity index (χ4v) is 5.59. The summed E-state index contributed by atoms with van der Waals surface area (Å²) in [4.78, 5) is 4.13. The summed E-state index contributed by atoms with van der Waals surface area (Å²) in [6, 6.07) is 2.34. The molecule has 0 saturated carbocycles. The van der Waals surface area contributed by atoms with E-state index in [1.54, 1.807) is 0 Å². The van der Waals surface area contributed by atoms with Crippen LogP contribution in [0.25, 0.3) is 0 Å². The van der Waals surface area contributed by atoms with E-state index in [9.17, 15) is 0 Å². The number of rotatable bonds is 5. The molecule has 0 aromatic carbocycles. The van der Waals surface area contributed by atoms with Crippen molar-refractivity contribution in [2.75, 3.05) is 39.3 Å². The van der Waals surface area contributed by atoms with Crippen molar-refractivity contribution in [3.8, 4) is 5.06 Å². The number of hydrogen-bond donors (Lipinski definition) is 0. The number of ether oxygens (including phenoxy) is 1. The summed E-state index contributed by atoms with van der Waals surface area (Å²) in [7, 11) is 0. The molecule has 1 aromatic rings. The van der Waals surface area contributed by atoms with Crippen LogP contribution >= 0.6 is 11.3 Å². The molecular formula is C20H33N3OS. The van der Waals surface area contributed by atoms with Crippen LogP contribution in [0.1, 0.15) is 50.0 Å². The molecule has 0 unspecified atom stereocenters. The minimum Gasteiger partial charge on any atom is -0.481 e. The molecule has 4 heterocycles. The van der Waals surface area contributed by atoms with Crippen molar-refractivity contribution in [1.82, 2.24) is 14.9 Å². The summed E-state index contributed by atoms with van der Waals surface area (Å²) in [6.07, 6.45) is 6.66. The summed E-state index contributed by atoms with van der Waals surface area (Å²) < 4.78 is 6.38. The molecule has 5 heteroatoms. The Hall–Kier alpha value is -0.620. The summed E-state index contributed by atoms with van der Waals surface area (Å²) in [6.45, 7) is 13.0. The molecule has 4 nitrogen and oxygen atoms in total. The van der Waals surface area contributed by atoms with E-state index in [0.717, 1.165) is 17.5 Å². The van der Waals surface area contributed by atoms with Gasteiger partial charge < -0.3 is 9.64 Å². The fourth-order valence-electron chi connectivity index (χ4n) is 4.45. The first-order valence-electron chi connectivity index (χ1n) is 10.2. The highest BCUT2D eigenvalue weighted by atomic mass is 32.1. The number of nitrogens with zero attached hydrogens (tertiary/aromatic N) is 3. The van der Waals surface area contributed by atoms with Crippen LogP contribution in [0.15, 0.2) is 6.07 Å². The van der Waals surface area contributed by atoms with Crippen LogP contribution in [0.2, 0.25) is 0 Å². The number of fused-ring (bicyclic) bond motifs is 1. The second kappa shape index (κ2) is 7.95. The lowest BCUT2D eigenvalue weighted by atomic mass is 10.1. The second-order valence-corrected chi connectivity index (χ2v) is 9.42. The van der Waals surface area contributed by atoms with E-state index in [1.807, 2.05) is 11.3 Å². The van der Waals surface area contributed by atoms with Gasteiger partial charge in [0.2, 0.25) is 0 Å². The number of hydrogen-bond acceptors (Lipinski definition) is 5. The summed E-state index contributed by atoms with van der Waals surface area (Å²) in [5.74, 6) is 0.764. The maximum atomic E-state index is 6.38. The fraction of sp³-hybridized carbons (Fsp3) is 0.800. The molecule has 0 aliphatic carbocycles. The molecule has 4 rings (SSSR count). The van der Waals surface area contributed by atoms with Crippen LogP contribution in [-0.2, 0) is 13.0 Å². The van der Waals surface area contributed by atoms with Crippen LogP contribution in [0.3, 0.4) is 0 Å². The predicted molar refractivity (Wildman–Crippen MR) is 104 cm³/mol. The number of piperidine rings is 1. The molecule has 0 N–H and O–H groups in total. The van der Waals surface area contributed by atoms with E-state index in [1.165, 1.54) is 81.8 Å². The standard InChI is InChI=1S/C20H33N3OS/c1-16(2)14-21-10-6-18(7-11-21)24-20-13-17-5-12-23(15-19(17)25-20)22-8-3-4-9-22/h13,16,18H,3-12,14-15H2,1-2H3.